The summed E-state index contributed by atoms with van der Waals surface area (Å²) in [6.07, 6.45) is -0.419. The number of ketones is 1. The number of nitrogens with zero attached hydrogens (tertiary/aromatic N) is 2. The van der Waals surface area contributed by atoms with E-state index in [1.807, 2.05) is 57.2 Å². The number of allylic oxidation sites excluding steroid dienone is 2. The number of pyridine rings is 1. The largest absolute Gasteiger partial charge is 0.497 e. The third kappa shape index (κ3) is 10.8. The van der Waals surface area contributed by atoms with Gasteiger partial charge in [0.15, 0.2) is 5.78 Å². The van der Waals surface area contributed by atoms with E-state index in [1.165, 1.54) is 12.0 Å². The molecule has 4 aliphatic rings. The SMILES string of the molecule is COc1ccc2c(O[C@@H]3C[C@H]4C(=O)C[C@]5(C(=O)NS(=O)(=O)C6(C)CC6)C[C@H]5/C=C\CC[C@@H](C)C[C@@H](C)[C@H](CC(=O)OC(C)(C)C(F)(F)F)C(=O)N4C3)cc(-c3ccc(OC(C)C)cc3)nc2c1. The summed E-state index contributed by atoms with van der Waals surface area (Å²) in [5, 5.41) is 0.607. The highest BCUT2D eigenvalue weighted by molar-refractivity contribution is 7.91. The molecule has 7 rings (SSSR count). The molecule has 1 saturated heterocycles. The van der Waals surface area contributed by atoms with Crippen molar-refractivity contribution in [1.29, 1.82) is 0 Å². The Bertz CT molecular complexity index is 2520. The first kappa shape index (κ1) is 49.7. The van der Waals surface area contributed by atoms with Crippen LogP contribution >= 0.6 is 0 Å². The van der Waals surface area contributed by atoms with Crippen molar-refractivity contribution in [2.24, 2.45) is 29.1 Å². The number of carbonyl (C=O) groups excluding carboxylic acids is 4. The van der Waals surface area contributed by atoms with E-state index < -0.39 is 98.3 Å². The molecular formula is C50H62F3N3O10S. The first-order chi connectivity index (χ1) is 31.3. The van der Waals surface area contributed by atoms with Crippen molar-refractivity contribution in [2.45, 2.75) is 141 Å². The molecule has 1 aromatic heterocycles. The third-order valence-electron chi connectivity index (χ3n) is 14.0. The first-order valence-corrected chi connectivity index (χ1v) is 24.6. The fourth-order valence-corrected chi connectivity index (χ4v) is 10.7. The van der Waals surface area contributed by atoms with Gasteiger partial charge in [-0.1, -0.05) is 26.0 Å². The minimum Gasteiger partial charge on any atom is -0.497 e. The van der Waals surface area contributed by atoms with Gasteiger partial charge in [-0.3, -0.25) is 23.9 Å². The Hall–Kier alpha value is -5.19. The van der Waals surface area contributed by atoms with Gasteiger partial charge in [0, 0.05) is 35.9 Å². The molecule has 2 aliphatic heterocycles. The van der Waals surface area contributed by atoms with Crippen molar-refractivity contribution in [3.63, 3.8) is 0 Å². The summed E-state index contributed by atoms with van der Waals surface area (Å²) in [7, 11) is -2.52. The second-order valence-corrected chi connectivity index (χ2v) is 22.4. The van der Waals surface area contributed by atoms with Gasteiger partial charge >= 0.3 is 12.1 Å². The van der Waals surface area contributed by atoms with Crippen LogP contribution in [0.5, 0.6) is 17.2 Å². The zero-order valence-electron chi connectivity index (χ0n) is 39.4. The van der Waals surface area contributed by atoms with Crippen molar-refractivity contribution < 1.29 is 59.7 Å². The summed E-state index contributed by atoms with van der Waals surface area (Å²) in [6, 6.07) is 13.3. The maximum absolute atomic E-state index is 15.1. The smallest absolute Gasteiger partial charge is 0.427 e. The van der Waals surface area contributed by atoms with Crippen molar-refractivity contribution in [1.82, 2.24) is 14.6 Å². The number of rotatable bonds is 12. The molecule has 13 nitrogen and oxygen atoms in total. The van der Waals surface area contributed by atoms with Crippen molar-refractivity contribution in [3.8, 4) is 28.5 Å². The number of hydrogen-bond acceptors (Lipinski definition) is 11. The van der Waals surface area contributed by atoms with Crippen LogP contribution in [0.25, 0.3) is 22.2 Å². The minimum atomic E-state index is -4.88. The van der Waals surface area contributed by atoms with Gasteiger partial charge in [0.25, 0.3) is 0 Å². The zero-order valence-corrected chi connectivity index (χ0v) is 40.2. The Morgan fingerprint density at radius 1 is 1.00 bits per heavy atom. The number of sulfonamides is 1. The van der Waals surface area contributed by atoms with E-state index in [-0.39, 0.29) is 31.4 Å². The predicted octanol–water partition coefficient (Wildman–Crippen LogP) is 8.91. The number of nitrogens with one attached hydrogen (secondary N) is 1. The molecule has 67 heavy (non-hydrogen) atoms. The Labute approximate surface area is 390 Å². The minimum absolute atomic E-state index is 0.00165. The molecule has 3 heterocycles. The Morgan fingerprint density at radius 2 is 1.69 bits per heavy atom. The van der Waals surface area contributed by atoms with E-state index >= 15 is 4.79 Å². The number of amides is 2. The third-order valence-corrected chi connectivity index (χ3v) is 16.2. The Morgan fingerprint density at radius 3 is 2.33 bits per heavy atom. The Kier molecular flexibility index (Phi) is 13.9. The molecule has 3 aromatic rings. The summed E-state index contributed by atoms with van der Waals surface area (Å²) >= 11 is 0. The van der Waals surface area contributed by atoms with Crippen LogP contribution in [0.15, 0.2) is 60.7 Å². The summed E-state index contributed by atoms with van der Waals surface area (Å²) in [6.45, 7) is 10.5. The van der Waals surface area contributed by atoms with Gasteiger partial charge in [-0.05, 0) is 127 Å². The van der Waals surface area contributed by atoms with Crippen LogP contribution in [0.4, 0.5) is 13.2 Å². The highest BCUT2D eigenvalue weighted by Gasteiger charge is 2.63. The molecule has 17 heteroatoms. The molecule has 0 bridgehead atoms. The summed E-state index contributed by atoms with van der Waals surface area (Å²) in [4.78, 5) is 63.9. The maximum atomic E-state index is 15.1. The summed E-state index contributed by atoms with van der Waals surface area (Å²) in [5.74, 6) is -3.70. The van der Waals surface area contributed by atoms with E-state index in [9.17, 15) is 36.0 Å². The molecule has 2 amide bonds. The first-order valence-electron chi connectivity index (χ1n) is 23.1. The number of carbonyl (C=O) groups is 4. The lowest BCUT2D eigenvalue weighted by Gasteiger charge is -2.33. The standard InChI is InChI=1S/C50H62F3N3O10S/c1-29(2)64-34-15-13-32(14-16-34)39-25-43(37-18-17-35(63-8)22-40(37)54-39)65-36-23-41-42(57)27-49(46(60)55-67(61,62)48(7)19-20-48)26-33(49)12-10-9-11-30(3)21-31(4)38(45(59)56(41)28-36)24-44(58)66-47(5,6)50(51,52)53/h10,12-18,22,25,29-31,33,36,38,41H,9,11,19-21,23-24,26-28H2,1-8H3,(H,55,60)/b12-10-/t30-,31-,33-,36-,38+,41+,49-/m1/s1. The second-order valence-electron chi connectivity index (χ2n) is 20.2. The average molecular weight is 954 g/mol. The van der Waals surface area contributed by atoms with Crippen LogP contribution in [0, 0.1) is 29.1 Å². The molecule has 2 aromatic carbocycles. The van der Waals surface area contributed by atoms with Crippen LogP contribution in [0.3, 0.4) is 0 Å². The monoisotopic (exact) mass is 953 g/mol. The quantitative estimate of drug-likeness (QED) is 0.136. The second kappa shape index (κ2) is 18.7. The van der Waals surface area contributed by atoms with Crippen LogP contribution in [0.2, 0.25) is 0 Å². The average Bonchev–Trinajstić information content (AvgIpc) is 4.13. The molecule has 1 N–H and O–H groups in total. The van der Waals surface area contributed by atoms with E-state index in [1.54, 1.807) is 38.1 Å². The number of benzene rings is 2. The lowest BCUT2D eigenvalue weighted by Crippen LogP contribution is -2.48. The molecule has 2 aliphatic carbocycles. The number of aromatic nitrogens is 1. The molecule has 7 atom stereocenters. The van der Waals surface area contributed by atoms with Gasteiger partial charge in [0.1, 0.15) is 23.4 Å². The number of halogens is 3. The number of hydrogen-bond donors (Lipinski definition) is 1. The van der Waals surface area contributed by atoms with Crippen molar-refractivity contribution in [2.75, 3.05) is 13.7 Å². The number of Topliss-reactive ketones (excluding diaryl/α,β-unsaturated/α-hetero) is 1. The Balaban J connectivity index is 1.26. The fraction of sp³-hybridized carbons (Fsp3) is 0.580. The molecular weight excluding hydrogens is 892 g/mol. The van der Waals surface area contributed by atoms with Gasteiger partial charge in [0.05, 0.1) is 59.5 Å². The van der Waals surface area contributed by atoms with Gasteiger partial charge in [-0.15, -0.1) is 0 Å². The highest BCUT2D eigenvalue weighted by Crippen LogP contribution is 2.58. The number of esters is 1. The summed E-state index contributed by atoms with van der Waals surface area (Å²) in [5.41, 5.74) is -2.41. The van der Waals surface area contributed by atoms with E-state index in [0.717, 1.165) is 19.4 Å². The zero-order chi connectivity index (χ0) is 48.9. The fourth-order valence-electron chi connectivity index (χ4n) is 9.35. The lowest BCUT2D eigenvalue weighted by molar-refractivity contribution is -0.257. The van der Waals surface area contributed by atoms with E-state index in [2.05, 4.69) is 4.72 Å². The molecule has 0 unspecified atom stereocenters. The van der Waals surface area contributed by atoms with Gasteiger partial charge < -0.3 is 23.8 Å². The predicted molar refractivity (Wildman–Crippen MR) is 245 cm³/mol. The molecule has 2 saturated carbocycles. The van der Waals surface area contributed by atoms with Gasteiger partial charge in [-0.25, -0.2) is 13.4 Å². The number of methoxy groups -OCH3 is 1. The topological polar surface area (TPSA) is 168 Å². The number of ether oxygens (including phenoxy) is 4. The van der Waals surface area contributed by atoms with Gasteiger partial charge in [-0.2, -0.15) is 13.2 Å². The molecule has 3 fully saturated rings. The van der Waals surface area contributed by atoms with Crippen molar-refractivity contribution in [3.05, 3.63) is 60.7 Å². The van der Waals surface area contributed by atoms with E-state index in [0.29, 0.717) is 65.9 Å². The molecule has 364 valence electrons. The van der Waals surface area contributed by atoms with Crippen LogP contribution in [0.1, 0.15) is 106 Å². The van der Waals surface area contributed by atoms with Crippen molar-refractivity contribution >= 4 is 44.5 Å². The number of fused-ring (bicyclic) bond motifs is 3. The van der Waals surface area contributed by atoms with Crippen LogP contribution < -0.4 is 18.9 Å². The van der Waals surface area contributed by atoms with E-state index in [4.69, 9.17) is 23.9 Å². The normalized spacial score (nSPS) is 27.3. The molecule has 0 spiro atoms. The highest BCUT2D eigenvalue weighted by atomic mass is 32.2. The summed E-state index contributed by atoms with van der Waals surface area (Å²) < 4.78 is 92.8. The number of alkyl halides is 3. The maximum Gasteiger partial charge on any atom is 0.427 e. The molecule has 0 radical (unpaired) electrons. The van der Waals surface area contributed by atoms with Gasteiger partial charge in [0.2, 0.25) is 27.4 Å². The van der Waals surface area contributed by atoms with Crippen LogP contribution in [-0.4, -0.2) is 90.3 Å². The lowest BCUT2D eigenvalue weighted by atomic mass is 9.82. The van der Waals surface area contributed by atoms with Crippen LogP contribution in [-0.2, 0) is 33.9 Å².